The highest BCUT2D eigenvalue weighted by Gasteiger charge is 2.08. The maximum atomic E-state index is 11.4. The molecule has 0 aromatic carbocycles. The maximum Gasteiger partial charge on any atom is 0.321 e. The smallest absolute Gasteiger partial charge is 0.321 e. The van der Waals surface area contributed by atoms with Crippen LogP contribution in [0.4, 0.5) is 4.79 Å². The van der Waals surface area contributed by atoms with E-state index in [0.29, 0.717) is 0 Å². The van der Waals surface area contributed by atoms with Crippen molar-refractivity contribution in [3.05, 3.63) is 12.8 Å². The number of carbonyl (C=O) groups excluding carboxylic acids is 1. The van der Waals surface area contributed by atoms with Gasteiger partial charge in [0.05, 0.1) is 0 Å². The van der Waals surface area contributed by atoms with Crippen molar-refractivity contribution in [2.45, 2.75) is 33.1 Å². The highest BCUT2D eigenvalue weighted by molar-refractivity contribution is 5.75. The van der Waals surface area contributed by atoms with E-state index in [0.717, 1.165) is 32.4 Å². The van der Waals surface area contributed by atoms with Crippen molar-refractivity contribution in [2.75, 3.05) is 13.1 Å². The summed E-state index contributed by atoms with van der Waals surface area (Å²) >= 11 is 0. The van der Waals surface area contributed by atoms with Crippen molar-refractivity contribution < 1.29 is 4.79 Å². The van der Waals surface area contributed by atoms with E-state index in [-0.39, 0.29) is 6.03 Å². The fraction of sp³-hybridized carbons (Fsp3) is 0.700. The van der Waals surface area contributed by atoms with Crippen molar-refractivity contribution in [3.8, 4) is 0 Å². The van der Waals surface area contributed by atoms with Gasteiger partial charge in [0.25, 0.3) is 0 Å². The van der Waals surface area contributed by atoms with Crippen molar-refractivity contribution in [1.29, 1.82) is 0 Å². The molecule has 0 aliphatic heterocycles. The van der Waals surface area contributed by atoms with Crippen LogP contribution in [-0.2, 0) is 0 Å². The Morgan fingerprint density at radius 3 is 2.54 bits per heavy atom. The van der Waals surface area contributed by atoms with E-state index in [1.165, 1.54) is 6.20 Å². The number of nitrogens with one attached hydrogen (secondary N) is 1. The summed E-state index contributed by atoms with van der Waals surface area (Å²) in [6.45, 7) is 9.31. The summed E-state index contributed by atoms with van der Waals surface area (Å²) < 4.78 is 0. The van der Waals surface area contributed by atoms with Gasteiger partial charge in [-0.15, -0.1) is 0 Å². The molecule has 0 spiro atoms. The van der Waals surface area contributed by atoms with E-state index in [1.54, 1.807) is 0 Å². The van der Waals surface area contributed by atoms with Gasteiger partial charge in [-0.05, 0) is 19.0 Å². The van der Waals surface area contributed by atoms with Crippen LogP contribution < -0.4 is 5.32 Å². The maximum absolute atomic E-state index is 11.4. The van der Waals surface area contributed by atoms with E-state index in [9.17, 15) is 4.79 Å². The second-order valence-corrected chi connectivity index (χ2v) is 2.99. The minimum Gasteiger partial charge on any atom is -0.325 e. The first-order valence-electron chi connectivity index (χ1n) is 4.92. The van der Waals surface area contributed by atoms with E-state index in [2.05, 4.69) is 25.7 Å². The zero-order valence-corrected chi connectivity index (χ0v) is 8.68. The second-order valence-electron chi connectivity index (χ2n) is 2.99. The third-order valence-corrected chi connectivity index (χ3v) is 1.79. The Balaban J connectivity index is 3.90. The Morgan fingerprint density at radius 2 is 2.08 bits per heavy atom. The average molecular weight is 184 g/mol. The Bertz CT molecular complexity index is 157. The molecule has 0 bridgehead atoms. The molecule has 0 fully saturated rings. The summed E-state index contributed by atoms with van der Waals surface area (Å²) in [5.74, 6) is 0. The quantitative estimate of drug-likeness (QED) is 0.675. The molecule has 0 radical (unpaired) electrons. The van der Waals surface area contributed by atoms with Crippen molar-refractivity contribution in [1.82, 2.24) is 10.2 Å². The van der Waals surface area contributed by atoms with Crippen LogP contribution in [-0.4, -0.2) is 24.0 Å². The first kappa shape index (κ1) is 12.0. The average Bonchev–Trinajstić information content (AvgIpc) is 2.12. The lowest BCUT2D eigenvalue weighted by Gasteiger charge is -2.21. The molecule has 0 aromatic heterocycles. The summed E-state index contributed by atoms with van der Waals surface area (Å²) in [7, 11) is 0. The van der Waals surface area contributed by atoms with Gasteiger partial charge in [0.15, 0.2) is 0 Å². The molecule has 0 rings (SSSR count). The molecule has 2 amide bonds. The summed E-state index contributed by atoms with van der Waals surface area (Å²) in [5, 5.41) is 2.59. The van der Waals surface area contributed by atoms with Crippen LogP contribution in [0.1, 0.15) is 33.1 Å². The van der Waals surface area contributed by atoms with E-state index >= 15 is 0 Å². The number of carbonyl (C=O) groups is 1. The molecule has 3 heteroatoms. The molecule has 0 heterocycles. The zero-order chi connectivity index (χ0) is 10.1. The van der Waals surface area contributed by atoms with Gasteiger partial charge in [0, 0.05) is 13.1 Å². The molecule has 0 aromatic rings. The Kier molecular flexibility index (Phi) is 7.07. The van der Waals surface area contributed by atoms with Gasteiger partial charge in [-0.2, -0.15) is 0 Å². The van der Waals surface area contributed by atoms with Crippen molar-refractivity contribution in [3.63, 3.8) is 0 Å². The lowest BCUT2D eigenvalue weighted by atomic mass is 10.3. The number of rotatable bonds is 6. The van der Waals surface area contributed by atoms with Crippen LogP contribution in [0.2, 0.25) is 0 Å². The Hall–Kier alpha value is -0.990. The monoisotopic (exact) mass is 184 g/mol. The standard InChI is InChI=1S/C10H20N2O/c1-4-7-9-12(8-5-2)10(13)11-6-3/h6H,3-5,7-9H2,1-2H3,(H,11,13). The summed E-state index contributed by atoms with van der Waals surface area (Å²) in [6.07, 6.45) is 4.59. The first-order chi connectivity index (χ1) is 6.26. The predicted molar refractivity (Wildman–Crippen MR) is 55.5 cm³/mol. The fourth-order valence-electron chi connectivity index (χ4n) is 1.11. The Labute approximate surface area is 80.8 Å². The lowest BCUT2D eigenvalue weighted by molar-refractivity contribution is 0.200. The minimum absolute atomic E-state index is 0.0368. The van der Waals surface area contributed by atoms with Crippen LogP contribution in [0.3, 0.4) is 0 Å². The topological polar surface area (TPSA) is 32.3 Å². The number of hydrogen-bond donors (Lipinski definition) is 1. The van der Waals surface area contributed by atoms with Gasteiger partial charge in [-0.25, -0.2) is 4.79 Å². The van der Waals surface area contributed by atoms with Gasteiger partial charge in [-0.3, -0.25) is 0 Å². The van der Waals surface area contributed by atoms with Crippen LogP contribution in [0.5, 0.6) is 0 Å². The van der Waals surface area contributed by atoms with Crippen LogP contribution >= 0.6 is 0 Å². The number of amides is 2. The van der Waals surface area contributed by atoms with E-state index < -0.39 is 0 Å². The molecule has 13 heavy (non-hydrogen) atoms. The molecular weight excluding hydrogens is 164 g/mol. The van der Waals surface area contributed by atoms with Gasteiger partial charge < -0.3 is 10.2 Å². The molecule has 76 valence electrons. The van der Waals surface area contributed by atoms with E-state index in [1.807, 2.05) is 4.90 Å². The molecule has 1 N–H and O–H groups in total. The molecule has 0 atom stereocenters. The SMILES string of the molecule is C=CNC(=O)N(CCC)CCCC. The predicted octanol–water partition coefficient (Wildman–Crippen LogP) is 2.35. The molecule has 3 nitrogen and oxygen atoms in total. The number of hydrogen-bond acceptors (Lipinski definition) is 1. The van der Waals surface area contributed by atoms with Gasteiger partial charge >= 0.3 is 6.03 Å². The van der Waals surface area contributed by atoms with Crippen LogP contribution in [0.25, 0.3) is 0 Å². The third-order valence-electron chi connectivity index (χ3n) is 1.79. The highest BCUT2D eigenvalue weighted by Crippen LogP contribution is 1.97. The van der Waals surface area contributed by atoms with Gasteiger partial charge in [0.2, 0.25) is 0 Å². The fourth-order valence-corrected chi connectivity index (χ4v) is 1.11. The third kappa shape index (κ3) is 5.28. The largest absolute Gasteiger partial charge is 0.325 e. The molecule has 0 aliphatic rings. The molecule has 0 unspecified atom stereocenters. The zero-order valence-electron chi connectivity index (χ0n) is 8.68. The van der Waals surface area contributed by atoms with Crippen LogP contribution in [0, 0.1) is 0 Å². The Morgan fingerprint density at radius 1 is 1.38 bits per heavy atom. The normalized spacial score (nSPS) is 9.38. The lowest BCUT2D eigenvalue weighted by Crippen LogP contribution is -2.38. The summed E-state index contributed by atoms with van der Waals surface area (Å²) in [5.41, 5.74) is 0. The first-order valence-corrected chi connectivity index (χ1v) is 4.92. The van der Waals surface area contributed by atoms with Gasteiger partial charge in [0.1, 0.15) is 0 Å². The van der Waals surface area contributed by atoms with Crippen molar-refractivity contribution >= 4 is 6.03 Å². The summed E-state index contributed by atoms with van der Waals surface area (Å²) in [6, 6.07) is -0.0368. The van der Waals surface area contributed by atoms with E-state index in [4.69, 9.17) is 0 Å². The highest BCUT2D eigenvalue weighted by atomic mass is 16.2. The molecule has 0 saturated carbocycles. The molecule has 0 saturated heterocycles. The molecular formula is C10H20N2O. The minimum atomic E-state index is -0.0368. The molecule has 0 aliphatic carbocycles. The van der Waals surface area contributed by atoms with Crippen molar-refractivity contribution in [2.24, 2.45) is 0 Å². The number of urea groups is 1. The summed E-state index contributed by atoms with van der Waals surface area (Å²) in [4.78, 5) is 13.2. The number of nitrogens with zero attached hydrogens (tertiary/aromatic N) is 1. The van der Waals surface area contributed by atoms with Crippen LogP contribution in [0.15, 0.2) is 12.8 Å². The number of unbranched alkanes of at least 4 members (excludes halogenated alkanes) is 1. The second kappa shape index (κ2) is 7.65. The van der Waals surface area contributed by atoms with Gasteiger partial charge in [-0.1, -0.05) is 26.8 Å².